The van der Waals surface area contributed by atoms with Crippen molar-refractivity contribution in [3.8, 4) is 5.75 Å². The average molecular weight is 418 g/mol. The molecule has 0 aliphatic carbocycles. The number of halogens is 1. The molecule has 0 spiro atoms. The van der Waals surface area contributed by atoms with Gasteiger partial charge in [-0.25, -0.2) is 0 Å². The van der Waals surface area contributed by atoms with E-state index in [4.69, 9.17) is 28.6 Å². The number of H-pyrrole nitrogens is 1. The fraction of sp³-hybridized carbons (Fsp3) is 0.250. The van der Waals surface area contributed by atoms with Crippen LogP contribution in [0.5, 0.6) is 5.75 Å². The Morgan fingerprint density at radius 2 is 2.07 bits per heavy atom. The van der Waals surface area contributed by atoms with E-state index in [-0.39, 0.29) is 11.5 Å². The lowest BCUT2D eigenvalue weighted by Gasteiger charge is -2.18. The summed E-state index contributed by atoms with van der Waals surface area (Å²) in [6.07, 6.45) is 0. The van der Waals surface area contributed by atoms with Gasteiger partial charge in [-0.1, -0.05) is 17.7 Å². The molecule has 28 heavy (non-hydrogen) atoms. The topological polar surface area (TPSA) is 67.3 Å². The number of carbonyl (C=O) groups excluding carboxylic acids is 1. The predicted molar refractivity (Wildman–Crippen MR) is 113 cm³/mol. The van der Waals surface area contributed by atoms with Crippen LogP contribution in [-0.2, 0) is 6.54 Å². The molecule has 0 unspecified atom stereocenters. The molecule has 146 valence electrons. The Bertz CT molecular complexity index is 1140. The van der Waals surface area contributed by atoms with Crippen LogP contribution in [0.3, 0.4) is 0 Å². The van der Waals surface area contributed by atoms with Gasteiger partial charge in [0.1, 0.15) is 12.4 Å². The number of likely N-dealkylation sites (N-methyl/N-ethyl adjacent to an activating group) is 1. The summed E-state index contributed by atoms with van der Waals surface area (Å²) in [5, 5.41) is 1.09. The van der Waals surface area contributed by atoms with E-state index < -0.39 is 0 Å². The molecule has 0 aliphatic heterocycles. The molecule has 8 heteroatoms. The van der Waals surface area contributed by atoms with Crippen LogP contribution in [-0.4, -0.2) is 40.6 Å². The van der Waals surface area contributed by atoms with E-state index in [1.165, 1.54) is 4.57 Å². The Morgan fingerprint density at radius 1 is 1.29 bits per heavy atom. The first-order valence-electron chi connectivity index (χ1n) is 8.81. The lowest BCUT2D eigenvalue weighted by molar-refractivity contribution is 0.0774. The molecule has 1 N–H and O–H groups in total. The van der Waals surface area contributed by atoms with Gasteiger partial charge < -0.3 is 14.6 Å². The summed E-state index contributed by atoms with van der Waals surface area (Å²) < 4.78 is 7.45. The molecule has 3 rings (SSSR count). The number of nitrogens with zero attached hydrogens (tertiary/aromatic N) is 2. The molecule has 6 nitrogen and oxygen atoms in total. The summed E-state index contributed by atoms with van der Waals surface area (Å²) in [6.45, 7) is 3.08. The van der Waals surface area contributed by atoms with Crippen LogP contribution < -0.4 is 10.3 Å². The number of benzene rings is 2. The van der Waals surface area contributed by atoms with Crippen LogP contribution in [0.15, 0.2) is 47.3 Å². The number of nitrogens with one attached hydrogen (secondary N) is 1. The van der Waals surface area contributed by atoms with E-state index in [1.54, 1.807) is 48.3 Å². The average Bonchev–Trinajstić information content (AvgIpc) is 2.67. The molecule has 1 aromatic heterocycles. The minimum atomic E-state index is -0.171. The zero-order chi connectivity index (χ0) is 20.3. The number of amides is 1. The maximum absolute atomic E-state index is 12.7. The molecular weight excluding hydrogens is 398 g/mol. The normalized spacial score (nSPS) is 10.8. The van der Waals surface area contributed by atoms with Gasteiger partial charge in [0.15, 0.2) is 4.77 Å². The van der Waals surface area contributed by atoms with Crippen molar-refractivity contribution in [2.24, 2.45) is 0 Å². The standard InChI is InChI=1S/C20H20ClN3O3S/c1-3-24-19(26)16-8-7-13(11-17(16)22-20(24)28)18(25)23(2)9-10-27-15-6-4-5-14(21)12-15/h4-8,11-12H,3,9-10H2,1-2H3,(H,22,28). The first-order valence-corrected chi connectivity index (χ1v) is 9.60. The van der Waals surface area contributed by atoms with Crippen LogP contribution in [0.4, 0.5) is 0 Å². The Labute approximate surface area is 172 Å². The maximum atomic E-state index is 12.7. The zero-order valence-electron chi connectivity index (χ0n) is 15.6. The van der Waals surface area contributed by atoms with Gasteiger partial charge in [0.25, 0.3) is 11.5 Å². The lowest BCUT2D eigenvalue weighted by atomic mass is 10.1. The predicted octanol–water partition coefficient (Wildman–Crippen LogP) is 3.88. The van der Waals surface area contributed by atoms with E-state index >= 15 is 0 Å². The second-order valence-electron chi connectivity index (χ2n) is 6.27. The quantitative estimate of drug-likeness (QED) is 0.618. The first kappa shape index (κ1) is 20.1. The summed E-state index contributed by atoms with van der Waals surface area (Å²) in [5.74, 6) is 0.481. The van der Waals surface area contributed by atoms with Gasteiger partial charge in [-0.05, 0) is 55.5 Å². The van der Waals surface area contributed by atoms with Crippen LogP contribution in [0.1, 0.15) is 17.3 Å². The van der Waals surface area contributed by atoms with Crippen molar-refractivity contribution in [1.29, 1.82) is 0 Å². The van der Waals surface area contributed by atoms with Crippen LogP contribution in [0.2, 0.25) is 5.02 Å². The molecule has 0 aliphatic rings. The molecule has 0 saturated heterocycles. The number of hydrogen-bond acceptors (Lipinski definition) is 4. The number of ether oxygens (including phenoxy) is 1. The lowest BCUT2D eigenvalue weighted by Crippen LogP contribution is -2.31. The largest absolute Gasteiger partial charge is 0.492 e. The Balaban J connectivity index is 1.73. The van der Waals surface area contributed by atoms with Crippen LogP contribution in [0.25, 0.3) is 10.9 Å². The van der Waals surface area contributed by atoms with Crippen molar-refractivity contribution in [3.63, 3.8) is 0 Å². The summed E-state index contributed by atoms with van der Waals surface area (Å²) in [5.41, 5.74) is 0.856. The molecule has 2 aromatic carbocycles. The Hall–Kier alpha value is -2.64. The highest BCUT2D eigenvalue weighted by Gasteiger charge is 2.14. The fourth-order valence-corrected chi connectivity index (χ4v) is 3.36. The molecule has 1 heterocycles. The van der Waals surface area contributed by atoms with Crippen molar-refractivity contribution >= 4 is 40.6 Å². The third-order valence-corrected chi connectivity index (χ3v) is 4.94. The smallest absolute Gasteiger partial charge is 0.262 e. The van der Waals surface area contributed by atoms with Gasteiger partial charge in [-0.2, -0.15) is 0 Å². The van der Waals surface area contributed by atoms with Crippen molar-refractivity contribution in [2.45, 2.75) is 13.5 Å². The van der Waals surface area contributed by atoms with Crippen LogP contribution >= 0.6 is 23.8 Å². The minimum Gasteiger partial charge on any atom is -0.492 e. The van der Waals surface area contributed by atoms with Crippen molar-refractivity contribution in [2.75, 3.05) is 20.2 Å². The molecule has 0 fully saturated rings. The van der Waals surface area contributed by atoms with E-state index in [2.05, 4.69) is 4.98 Å². The Morgan fingerprint density at radius 3 is 2.79 bits per heavy atom. The first-order chi connectivity index (χ1) is 13.4. The highest BCUT2D eigenvalue weighted by molar-refractivity contribution is 7.71. The molecule has 3 aromatic rings. The maximum Gasteiger partial charge on any atom is 0.262 e. The second-order valence-corrected chi connectivity index (χ2v) is 7.10. The van der Waals surface area contributed by atoms with Crippen molar-refractivity contribution < 1.29 is 9.53 Å². The number of aromatic nitrogens is 2. The van der Waals surface area contributed by atoms with Gasteiger partial charge in [-0.3, -0.25) is 14.2 Å². The summed E-state index contributed by atoms with van der Waals surface area (Å²) in [7, 11) is 1.70. The zero-order valence-corrected chi connectivity index (χ0v) is 17.1. The van der Waals surface area contributed by atoms with E-state index in [9.17, 15) is 9.59 Å². The number of carbonyl (C=O) groups is 1. The molecule has 0 atom stereocenters. The van der Waals surface area contributed by atoms with Gasteiger partial charge >= 0.3 is 0 Å². The summed E-state index contributed by atoms with van der Waals surface area (Å²) in [4.78, 5) is 29.7. The monoisotopic (exact) mass is 417 g/mol. The number of fused-ring (bicyclic) bond motifs is 1. The van der Waals surface area contributed by atoms with E-state index in [1.807, 2.05) is 13.0 Å². The van der Waals surface area contributed by atoms with Crippen molar-refractivity contribution in [1.82, 2.24) is 14.5 Å². The molecule has 0 bridgehead atoms. The van der Waals surface area contributed by atoms with E-state index in [0.717, 1.165) is 0 Å². The highest BCUT2D eigenvalue weighted by Crippen LogP contribution is 2.17. The minimum absolute atomic E-state index is 0.163. The van der Waals surface area contributed by atoms with Crippen molar-refractivity contribution in [3.05, 3.63) is 68.2 Å². The third-order valence-electron chi connectivity index (χ3n) is 4.38. The molecule has 0 saturated carbocycles. The third kappa shape index (κ3) is 4.26. The van der Waals surface area contributed by atoms with Gasteiger partial charge in [0.2, 0.25) is 0 Å². The number of aromatic amines is 1. The summed E-state index contributed by atoms with van der Waals surface area (Å²) >= 11 is 11.2. The van der Waals surface area contributed by atoms with Gasteiger partial charge in [0.05, 0.1) is 17.4 Å². The molecular formula is C20H20ClN3O3S. The van der Waals surface area contributed by atoms with Gasteiger partial charge in [-0.15, -0.1) is 0 Å². The molecule has 1 amide bonds. The SMILES string of the molecule is CCn1c(=S)[nH]c2cc(C(=O)N(C)CCOc3cccc(Cl)c3)ccc2c1=O. The number of hydrogen-bond donors (Lipinski definition) is 1. The summed E-state index contributed by atoms with van der Waals surface area (Å²) in [6, 6.07) is 12.1. The highest BCUT2D eigenvalue weighted by atomic mass is 35.5. The van der Waals surface area contributed by atoms with E-state index in [0.29, 0.717) is 51.7 Å². The second kappa shape index (κ2) is 8.58. The van der Waals surface area contributed by atoms with Crippen LogP contribution in [0, 0.1) is 4.77 Å². The molecule has 0 radical (unpaired) electrons. The van der Waals surface area contributed by atoms with Gasteiger partial charge in [0, 0.05) is 24.2 Å². The Kier molecular flexibility index (Phi) is 6.16. The fourth-order valence-electron chi connectivity index (χ4n) is 2.85. The number of rotatable bonds is 6.